The number of carbonyl (C=O) groups is 2. The quantitative estimate of drug-likeness (QED) is 0.808. The highest BCUT2D eigenvalue weighted by molar-refractivity contribution is 7.09. The summed E-state index contributed by atoms with van der Waals surface area (Å²) in [5.41, 5.74) is 1.03. The summed E-state index contributed by atoms with van der Waals surface area (Å²) in [6, 6.07) is -0.374. The Kier molecular flexibility index (Phi) is 4.88. The van der Waals surface area contributed by atoms with Crippen LogP contribution in [0.5, 0.6) is 0 Å². The second-order valence-corrected chi connectivity index (χ2v) is 6.15. The van der Waals surface area contributed by atoms with Crippen molar-refractivity contribution in [2.75, 3.05) is 6.54 Å². The molecule has 0 spiro atoms. The van der Waals surface area contributed by atoms with Crippen LogP contribution < -0.4 is 5.32 Å². The largest absolute Gasteiger partial charge is 0.305 e. The molecule has 2 amide bonds. The summed E-state index contributed by atoms with van der Waals surface area (Å²) in [5, 5.41) is 6.26. The third-order valence-corrected chi connectivity index (χ3v) is 4.64. The lowest BCUT2D eigenvalue weighted by Crippen LogP contribution is -2.43. The van der Waals surface area contributed by atoms with E-state index in [9.17, 15) is 9.59 Å². The lowest BCUT2D eigenvalue weighted by Gasteiger charge is -2.21. The fourth-order valence-electron chi connectivity index (χ4n) is 2.33. The molecule has 20 heavy (non-hydrogen) atoms. The van der Waals surface area contributed by atoms with Crippen LogP contribution in [0.1, 0.15) is 37.4 Å². The summed E-state index contributed by atoms with van der Waals surface area (Å²) in [6.45, 7) is 6.54. The number of imide groups is 1. The van der Waals surface area contributed by atoms with Crippen LogP contribution in [0.2, 0.25) is 0 Å². The molecule has 6 heteroatoms. The molecule has 1 fully saturated rings. The first-order valence-corrected chi connectivity index (χ1v) is 7.91. The number of likely N-dealkylation sites (tertiary alicyclic amines) is 1. The van der Waals surface area contributed by atoms with Gasteiger partial charge in [0.1, 0.15) is 0 Å². The van der Waals surface area contributed by atoms with Crippen LogP contribution in [0, 0.1) is 6.92 Å². The van der Waals surface area contributed by atoms with Gasteiger partial charge in [0, 0.05) is 30.1 Å². The van der Waals surface area contributed by atoms with Crippen molar-refractivity contribution in [2.45, 2.75) is 52.1 Å². The summed E-state index contributed by atoms with van der Waals surface area (Å²) in [7, 11) is 0. The van der Waals surface area contributed by atoms with Gasteiger partial charge in [-0.15, -0.1) is 11.3 Å². The maximum absolute atomic E-state index is 12.2. The van der Waals surface area contributed by atoms with Crippen molar-refractivity contribution < 1.29 is 9.59 Å². The standard InChI is InChI=1S/C14H21N3O2S/c1-4-10(3)17-13(18)7-11(14(17)19)15-6-5-12-16-9(2)8-20-12/h8,10-11,15H,4-7H2,1-3H3. The van der Waals surface area contributed by atoms with E-state index in [1.807, 2.05) is 26.2 Å². The second kappa shape index (κ2) is 6.45. The Morgan fingerprint density at radius 2 is 2.30 bits per heavy atom. The van der Waals surface area contributed by atoms with Gasteiger partial charge >= 0.3 is 0 Å². The Bertz CT molecular complexity index is 500. The molecule has 0 bridgehead atoms. The monoisotopic (exact) mass is 295 g/mol. The van der Waals surface area contributed by atoms with E-state index in [2.05, 4.69) is 10.3 Å². The fraction of sp³-hybridized carbons (Fsp3) is 0.643. The molecule has 1 N–H and O–H groups in total. The number of carbonyl (C=O) groups excluding carboxylic acids is 2. The van der Waals surface area contributed by atoms with Gasteiger partial charge in [-0.3, -0.25) is 14.5 Å². The Morgan fingerprint density at radius 3 is 2.90 bits per heavy atom. The van der Waals surface area contributed by atoms with Gasteiger partial charge in [0.05, 0.1) is 17.5 Å². The maximum Gasteiger partial charge on any atom is 0.247 e. The van der Waals surface area contributed by atoms with Crippen LogP contribution in [0.25, 0.3) is 0 Å². The number of nitrogens with one attached hydrogen (secondary N) is 1. The first-order chi connectivity index (χ1) is 9.52. The Labute approximate surface area is 123 Å². The normalized spacial score (nSPS) is 20.8. The summed E-state index contributed by atoms with van der Waals surface area (Å²) in [4.78, 5) is 29.9. The molecule has 1 aliphatic rings. The molecule has 2 rings (SSSR count). The van der Waals surface area contributed by atoms with Crippen LogP contribution >= 0.6 is 11.3 Å². The maximum atomic E-state index is 12.2. The molecular weight excluding hydrogens is 274 g/mol. The first-order valence-electron chi connectivity index (χ1n) is 7.03. The molecule has 0 radical (unpaired) electrons. The molecule has 2 heterocycles. The number of aryl methyl sites for hydroxylation is 1. The van der Waals surface area contributed by atoms with Crippen molar-refractivity contribution >= 4 is 23.2 Å². The Balaban J connectivity index is 1.85. The van der Waals surface area contributed by atoms with E-state index in [0.29, 0.717) is 6.54 Å². The molecule has 0 aliphatic carbocycles. The Morgan fingerprint density at radius 1 is 1.55 bits per heavy atom. The Hall–Kier alpha value is -1.27. The van der Waals surface area contributed by atoms with Gasteiger partial charge in [-0.25, -0.2) is 4.98 Å². The molecule has 2 unspecified atom stereocenters. The number of hydrogen-bond acceptors (Lipinski definition) is 5. The SMILES string of the molecule is CCC(C)N1C(=O)CC(NCCc2nc(C)cs2)C1=O. The lowest BCUT2D eigenvalue weighted by atomic mass is 10.2. The van der Waals surface area contributed by atoms with Gasteiger partial charge in [0.2, 0.25) is 11.8 Å². The molecule has 0 aromatic carbocycles. The molecular formula is C14H21N3O2S. The molecule has 1 saturated heterocycles. The summed E-state index contributed by atoms with van der Waals surface area (Å²) < 4.78 is 0. The predicted octanol–water partition coefficient (Wildman–Crippen LogP) is 1.51. The smallest absolute Gasteiger partial charge is 0.247 e. The second-order valence-electron chi connectivity index (χ2n) is 5.20. The van der Waals surface area contributed by atoms with Crippen LogP contribution in [-0.2, 0) is 16.0 Å². The molecule has 110 valence electrons. The van der Waals surface area contributed by atoms with Gasteiger partial charge < -0.3 is 5.32 Å². The summed E-state index contributed by atoms with van der Waals surface area (Å²) >= 11 is 1.63. The van der Waals surface area contributed by atoms with Crippen molar-refractivity contribution in [2.24, 2.45) is 0 Å². The summed E-state index contributed by atoms with van der Waals surface area (Å²) in [6.07, 6.45) is 1.86. The van der Waals surface area contributed by atoms with Crippen molar-refractivity contribution in [3.05, 3.63) is 16.1 Å². The molecule has 2 atom stereocenters. The molecule has 1 aliphatic heterocycles. The number of amides is 2. The zero-order chi connectivity index (χ0) is 14.7. The topological polar surface area (TPSA) is 62.3 Å². The van der Waals surface area contributed by atoms with E-state index in [1.165, 1.54) is 4.90 Å². The lowest BCUT2D eigenvalue weighted by molar-refractivity contribution is -0.141. The van der Waals surface area contributed by atoms with Gasteiger partial charge in [-0.2, -0.15) is 0 Å². The van der Waals surface area contributed by atoms with E-state index < -0.39 is 0 Å². The van der Waals surface area contributed by atoms with Crippen LogP contribution in [0.15, 0.2) is 5.38 Å². The van der Waals surface area contributed by atoms with Crippen molar-refractivity contribution in [3.63, 3.8) is 0 Å². The highest BCUT2D eigenvalue weighted by Gasteiger charge is 2.40. The van der Waals surface area contributed by atoms with Gasteiger partial charge in [-0.05, 0) is 20.3 Å². The minimum Gasteiger partial charge on any atom is -0.305 e. The molecule has 5 nitrogen and oxygen atoms in total. The number of aromatic nitrogens is 1. The van der Waals surface area contributed by atoms with Gasteiger partial charge in [0.15, 0.2) is 0 Å². The summed E-state index contributed by atoms with van der Waals surface area (Å²) in [5.74, 6) is -0.147. The van der Waals surface area contributed by atoms with E-state index in [4.69, 9.17) is 0 Å². The van der Waals surface area contributed by atoms with Gasteiger partial charge in [0.25, 0.3) is 0 Å². The number of thiazole rings is 1. The zero-order valence-corrected chi connectivity index (χ0v) is 13.0. The number of rotatable bonds is 6. The minimum atomic E-state index is -0.363. The number of nitrogens with zero attached hydrogens (tertiary/aromatic N) is 2. The van der Waals surface area contributed by atoms with E-state index in [1.54, 1.807) is 11.3 Å². The third kappa shape index (κ3) is 3.24. The predicted molar refractivity (Wildman–Crippen MR) is 78.6 cm³/mol. The molecule has 1 aromatic rings. The van der Waals surface area contributed by atoms with Crippen molar-refractivity contribution in [1.29, 1.82) is 0 Å². The van der Waals surface area contributed by atoms with E-state index >= 15 is 0 Å². The molecule has 0 saturated carbocycles. The minimum absolute atomic E-state index is 0.0107. The highest BCUT2D eigenvalue weighted by Crippen LogP contribution is 2.18. The average Bonchev–Trinajstić information content (AvgIpc) is 2.94. The van der Waals surface area contributed by atoms with Crippen molar-refractivity contribution in [3.8, 4) is 0 Å². The number of hydrogen-bond donors (Lipinski definition) is 1. The van der Waals surface area contributed by atoms with Gasteiger partial charge in [-0.1, -0.05) is 6.92 Å². The third-order valence-electron chi connectivity index (χ3n) is 3.61. The van der Waals surface area contributed by atoms with E-state index in [0.717, 1.165) is 23.5 Å². The fourth-order valence-corrected chi connectivity index (χ4v) is 3.10. The van der Waals surface area contributed by atoms with E-state index in [-0.39, 0.29) is 30.3 Å². The highest BCUT2D eigenvalue weighted by atomic mass is 32.1. The van der Waals surface area contributed by atoms with Crippen LogP contribution in [0.4, 0.5) is 0 Å². The van der Waals surface area contributed by atoms with Crippen LogP contribution in [-0.4, -0.2) is 40.3 Å². The zero-order valence-electron chi connectivity index (χ0n) is 12.2. The first kappa shape index (κ1) is 15.1. The molecule has 1 aromatic heterocycles. The van der Waals surface area contributed by atoms with Crippen LogP contribution in [0.3, 0.4) is 0 Å². The average molecular weight is 295 g/mol. The van der Waals surface area contributed by atoms with Crippen molar-refractivity contribution in [1.82, 2.24) is 15.2 Å².